The van der Waals surface area contributed by atoms with Crippen LogP contribution in [0.15, 0.2) is 4.34 Å². The van der Waals surface area contributed by atoms with Crippen molar-refractivity contribution in [2.75, 3.05) is 5.75 Å². The number of carbonyl (C=O) groups excluding carboxylic acids is 4. The molecular weight excluding hydrogens is 366 g/mol. The van der Waals surface area contributed by atoms with Gasteiger partial charge in [0.25, 0.3) is 5.91 Å². The van der Waals surface area contributed by atoms with Gasteiger partial charge in [-0.3, -0.25) is 19.8 Å². The fourth-order valence-electron chi connectivity index (χ4n) is 2.10. The molecule has 25 heavy (non-hydrogen) atoms. The minimum atomic E-state index is -1.01. The van der Waals surface area contributed by atoms with Crippen LogP contribution in [0.5, 0.6) is 0 Å². The molecule has 1 atom stereocenters. The summed E-state index contributed by atoms with van der Waals surface area (Å²) < 4.78 is 0.611. The lowest BCUT2D eigenvalue weighted by molar-refractivity contribution is -0.137. The maximum absolute atomic E-state index is 12.2. The fourth-order valence-corrected chi connectivity index (χ4v) is 4.13. The topological polar surface area (TPSA) is 134 Å². The van der Waals surface area contributed by atoms with Crippen LogP contribution < -0.4 is 16.5 Å². The van der Waals surface area contributed by atoms with Crippen molar-refractivity contribution in [3.8, 4) is 0 Å². The summed E-state index contributed by atoms with van der Waals surface area (Å²) in [6.45, 7) is 5.14. The van der Waals surface area contributed by atoms with Crippen LogP contribution in [0.1, 0.15) is 30.8 Å². The van der Waals surface area contributed by atoms with E-state index in [1.54, 1.807) is 20.8 Å². The molecule has 1 aliphatic heterocycles. The van der Waals surface area contributed by atoms with Gasteiger partial charge in [0, 0.05) is 4.88 Å². The Labute approximate surface area is 152 Å². The molecule has 1 aromatic rings. The summed E-state index contributed by atoms with van der Waals surface area (Å²) >= 11 is 2.44. The number of urea groups is 1. The summed E-state index contributed by atoms with van der Waals surface area (Å²) in [5.41, 5.74) is 7.16. The van der Waals surface area contributed by atoms with E-state index in [-0.39, 0.29) is 12.2 Å². The number of aromatic nitrogens is 1. The van der Waals surface area contributed by atoms with Crippen LogP contribution in [0, 0.1) is 6.92 Å². The number of hydrogen-bond donors (Lipinski definition) is 3. The van der Waals surface area contributed by atoms with Crippen molar-refractivity contribution in [2.24, 2.45) is 5.73 Å². The van der Waals surface area contributed by atoms with E-state index in [4.69, 9.17) is 5.73 Å². The molecule has 2 rings (SSSR count). The molecule has 0 aromatic carbocycles. The van der Waals surface area contributed by atoms with E-state index in [1.165, 1.54) is 11.3 Å². The molecule has 0 spiro atoms. The third-order valence-electron chi connectivity index (χ3n) is 3.74. The van der Waals surface area contributed by atoms with Gasteiger partial charge in [-0.1, -0.05) is 18.7 Å². The van der Waals surface area contributed by atoms with Gasteiger partial charge in [-0.2, -0.15) is 5.01 Å². The summed E-state index contributed by atoms with van der Waals surface area (Å²) in [6.07, 6.45) is 0.522. The summed E-state index contributed by atoms with van der Waals surface area (Å²) in [6, 6.07) is -0.651. The van der Waals surface area contributed by atoms with E-state index in [9.17, 15) is 19.2 Å². The van der Waals surface area contributed by atoms with Crippen LogP contribution in [-0.2, 0) is 20.8 Å². The maximum atomic E-state index is 12.2. The van der Waals surface area contributed by atoms with E-state index < -0.39 is 29.3 Å². The number of carbonyl (C=O) groups is 4. The maximum Gasteiger partial charge on any atom is 0.344 e. The minimum Gasteiger partial charge on any atom is -0.369 e. The molecule has 2 heterocycles. The second-order valence-corrected chi connectivity index (χ2v) is 8.02. The predicted molar refractivity (Wildman–Crippen MR) is 92.7 cm³/mol. The number of nitrogens with zero attached hydrogens (tertiary/aromatic N) is 2. The summed E-state index contributed by atoms with van der Waals surface area (Å²) in [4.78, 5) is 52.1. The molecule has 11 heteroatoms. The van der Waals surface area contributed by atoms with Gasteiger partial charge in [0.05, 0.1) is 17.9 Å². The molecule has 1 aromatic heterocycles. The van der Waals surface area contributed by atoms with Crippen LogP contribution in [0.3, 0.4) is 0 Å². The largest absolute Gasteiger partial charge is 0.369 e. The number of imide groups is 1. The molecule has 9 nitrogen and oxygen atoms in total. The second kappa shape index (κ2) is 7.40. The molecule has 1 saturated heterocycles. The Morgan fingerprint density at radius 2 is 2.12 bits per heavy atom. The molecule has 136 valence electrons. The van der Waals surface area contributed by atoms with Crippen molar-refractivity contribution in [3.63, 3.8) is 0 Å². The molecule has 0 aliphatic carbocycles. The Kier molecular flexibility index (Phi) is 5.68. The molecule has 1 aliphatic rings. The van der Waals surface area contributed by atoms with Gasteiger partial charge in [-0.25, -0.2) is 9.78 Å². The molecule has 5 amide bonds. The Morgan fingerprint density at radius 1 is 1.44 bits per heavy atom. The van der Waals surface area contributed by atoms with Crippen LogP contribution in [0.25, 0.3) is 0 Å². The average molecular weight is 385 g/mol. The van der Waals surface area contributed by atoms with Crippen molar-refractivity contribution < 1.29 is 19.2 Å². The Balaban J connectivity index is 1.92. The van der Waals surface area contributed by atoms with Gasteiger partial charge >= 0.3 is 6.03 Å². The summed E-state index contributed by atoms with van der Waals surface area (Å²) in [5.74, 6) is -1.47. The lowest BCUT2D eigenvalue weighted by Crippen LogP contribution is -2.49. The van der Waals surface area contributed by atoms with Crippen molar-refractivity contribution in [1.82, 2.24) is 20.7 Å². The number of thioether (sulfide) groups is 1. The third kappa shape index (κ3) is 4.28. The average Bonchev–Trinajstić information content (AvgIpc) is 2.98. The van der Waals surface area contributed by atoms with Crippen molar-refractivity contribution in [2.45, 2.75) is 43.5 Å². The first-order valence-electron chi connectivity index (χ1n) is 7.50. The Bertz CT molecular complexity index is 735. The zero-order valence-electron chi connectivity index (χ0n) is 14.0. The zero-order valence-corrected chi connectivity index (χ0v) is 15.7. The van der Waals surface area contributed by atoms with Crippen molar-refractivity contribution in [3.05, 3.63) is 10.6 Å². The summed E-state index contributed by atoms with van der Waals surface area (Å²) in [7, 11) is 0. The number of nitrogens with one attached hydrogen (secondary N) is 2. The number of thiazole rings is 1. The third-order valence-corrected chi connectivity index (χ3v) is 6.04. The highest BCUT2D eigenvalue weighted by molar-refractivity contribution is 8.01. The first-order chi connectivity index (χ1) is 11.7. The number of nitrogens with two attached hydrogens (primary N) is 1. The number of primary amides is 1. The number of rotatable bonds is 7. The smallest absolute Gasteiger partial charge is 0.344 e. The normalized spacial score (nSPS) is 19.9. The van der Waals surface area contributed by atoms with Gasteiger partial charge in [-0.05, 0) is 20.3 Å². The van der Waals surface area contributed by atoms with Crippen molar-refractivity contribution in [1.29, 1.82) is 0 Å². The first kappa shape index (κ1) is 19.2. The molecule has 0 saturated carbocycles. The lowest BCUT2D eigenvalue weighted by atomic mass is 10.00. The van der Waals surface area contributed by atoms with Gasteiger partial charge < -0.3 is 11.1 Å². The van der Waals surface area contributed by atoms with Gasteiger partial charge in [0.15, 0.2) is 4.34 Å². The number of hydrazine groups is 1. The lowest BCUT2D eigenvalue weighted by Gasteiger charge is -2.19. The van der Waals surface area contributed by atoms with E-state index >= 15 is 0 Å². The summed E-state index contributed by atoms with van der Waals surface area (Å²) in [5, 5.41) is 3.26. The van der Waals surface area contributed by atoms with Crippen LogP contribution in [-0.4, -0.2) is 45.0 Å². The standard InChI is InChI=1S/C14H19N5O4S2/c1-4-14(3)11(22)19(12(23)17-14)18-10(21)6-24-13-16-7(2)8(25-13)5-9(15)20/h4-6H2,1-3H3,(H2,15,20)(H,17,23)(H,18,21). The number of hydrogen-bond acceptors (Lipinski definition) is 7. The number of aryl methyl sites for hydroxylation is 1. The van der Waals surface area contributed by atoms with Crippen LogP contribution >= 0.6 is 23.1 Å². The molecular formula is C14H19N5O4S2. The molecule has 1 fully saturated rings. The highest BCUT2D eigenvalue weighted by atomic mass is 32.2. The van der Waals surface area contributed by atoms with Gasteiger partial charge in [0.2, 0.25) is 11.8 Å². The van der Waals surface area contributed by atoms with E-state index in [0.29, 0.717) is 21.5 Å². The van der Waals surface area contributed by atoms with Crippen molar-refractivity contribution >= 4 is 46.9 Å². The molecule has 4 N–H and O–H groups in total. The fraction of sp³-hybridized carbons (Fsp3) is 0.500. The second-order valence-electron chi connectivity index (χ2n) is 5.71. The highest BCUT2D eigenvalue weighted by Gasteiger charge is 2.47. The van der Waals surface area contributed by atoms with Crippen LogP contribution in [0.2, 0.25) is 0 Å². The van der Waals surface area contributed by atoms with E-state index in [1.807, 2.05) is 0 Å². The Hall–Kier alpha value is -2.14. The minimum absolute atomic E-state index is 0.0249. The SMILES string of the molecule is CCC1(C)NC(=O)N(NC(=O)CSc2nc(C)c(CC(N)=O)s2)C1=O. The zero-order chi connectivity index (χ0) is 18.8. The molecule has 0 radical (unpaired) electrons. The highest BCUT2D eigenvalue weighted by Crippen LogP contribution is 2.27. The van der Waals surface area contributed by atoms with Crippen LogP contribution in [0.4, 0.5) is 4.79 Å². The van der Waals surface area contributed by atoms with Gasteiger partial charge in [0.1, 0.15) is 5.54 Å². The first-order valence-corrected chi connectivity index (χ1v) is 9.30. The van der Waals surface area contributed by atoms with E-state index in [0.717, 1.165) is 16.6 Å². The molecule has 1 unspecified atom stereocenters. The predicted octanol–water partition coefficient (Wildman–Crippen LogP) is 0.323. The Morgan fingerprint density at radius 3 is 2.68 bits per heavy atom. The van der Waals surface area contributed by atoms with E-state index in [2.05, 4.69) is 15.7 Å². The van der Waals surface area contributed by atoms with Gasteiger partial charge in [-0.15, -0.1) is 11.3 Å². The number of amides is 5. The monoisotopic (exact) mass is 385 g/mol. The quantitative estimate of drug-likeness (QED) is 0.457. The molecule has 0 bridgehead atoms.